The van der Waals surface area contributed by atoms with Gasteiger partial charge >= 0.3 is 0 Å². The van der Waals surface area contributed by atoms with Crippen molar-refractivity contribution in [1.29, 1.82) is 0 Å². The van der Waals surface area contributed by atoms with E-state index < -0.39 is 0 Å². The first-order valence-electron chi connectivity index (χ1n) is 9.00. The second-order valence-corrected chi connectivity index (χ2v) is 7.12. The van der Waals surface area contributed by atoms with Gasteiger partial charge in [-0.05, 0) is 42.9 Å². The Kier molecular flexibility index (Phi) is 4.15. The van der Waals surface area contributed by atoms with E-state index in [4.69, 9.17) is 9.47 Å². The fraction of sp³-hybridized carbons (Fsp3) is 0.632. The fourth-order valence-corrected chi connectivity index (χ4v) is 4.40. The molecule has 3 aliphatic rings. The summed E-state index contributed by atoms with van der Waals surface area (Å²) in [7, 11) is 0. The molecule has 0 spiro atoms. The van der Waals surface area contributed by atoms with Gasteiger partial charge < -0.3 is 14.4 Å². The molecular weight excluding hydrogens is 290 g/mol. The van der Waals surface area contributed by atoms with Crippen molar-refractivity contribution >= 4 is 5.91 Å². The van der Waals surface area contributed by atoms with Crippen LogP contribution in [0.1, 0.15) is 55.3 Å². The molecule has 2 heterocycles. The average Bonchev–Trinajstić information content (AvgIpc) is 3.09. The lowest BCUT2D eigenvalue weighted by molar-refractivity contribution is 0.0600. The molecule has 4 rings (SSSR count). The Hall–Kier alpha value is -1.71. The molecule has 0 bridgehead atoms. The third-order valence-corrected chi connectivity index (χ3v) is 5.68. The summed E-state index contributed by atoms with van der Waals surface area (Å²) in [6.45, 7) is 2.06. The van der Waals surface area contributed by atoms with E-state index in [2.05, 4.69) is 4.90 Å². The predicted octanol–water partition coefficient (Wildman–Crippen LogP) is 3.85. The summed E-state index contributed by atoms with van der Waals surface area (Å²) >= 11 is 0. The van der Waals surface area contributed by atoms with Gasteiger partial charge in [0.05, 0.1) is 0 Å². The van der Waals surface area contributed by atoms with Gasteiger partial charge in [0.15, 0.2) is 11.5 Å². The molecular formula is C19H25NO3. The van der Waals surface area contributed by atoms with Crippen molar-refractivity contribution < 1.29 is 14.3 Å². The molecule has 1 saturated carbocycles. The first-order chi connectivity index (χ1) is 11.3. The summed E-state index contributed by atoms with van der Waals surface area (Å²) in [6, 6.07) is 5.53. The van der Waals surface area contributed by atoms with Gasteiger partial charge in [-0.1, -0.05) is 32.1 Å². The summed E-state index contributed by atoms with van der Waals surface area (Å²) in [5.74, 6) is 3.10. The zero-order valence-corrected chi connectivity index (χ0v) is 13.6. The van der Waals surface area contributed by atoms with Crippen LogP contribution in [0.15, 0.2) is 18.2 Å². The number of hydrogen-bond donors (Lipinski definition) is 0. The number of likely N-dealkylation sites (tertiary alicyclic amines) is 1. The zero-order chi connectivity index (χ0) is 15.6. The topological polar surface area (TPSA) is 38.8 Å². The number of hydrogen-bond acceptors (Lipinski definition) is 3. The van der Waals surface area contributed by atoms with E-state index in [1.54, 1.807) is 0 Å². The highest BCUT2D eigenvalue weighted by Gasteiger charge is 2.31. The minimum Gasteiger partial charge on any atom is -0.454 e. The summed E-state index contributed by atoms with van der Waals surface area (Å²) in [4.78, 5) is 14.9. The zero-order valence-electron chi connectivity index (χ0n) is 13.6. The van der Waals surface area contributed by atoms with Gasteiger partial charge in [0.2, 0.25) is 6.79 Å². The van der Waals surface area contributed by atoms with Crippen LogP contribution in [0.25, 0.3) is 0 Å². The van der Waals surface area contributed by atoms with Crippen molar-refractivity contribution in [3.63, 3.8) is 0 Å². The Morgan fingerprint density at radius 1 is 0.957 bits per heavy atom. The minimum absolute atomic E-state index is 0.142. The van der Waals surface area contributed by atoms with Crippen LogP contribution in [0, 0.1) is 11.8 Å². The number of rotatable bonds is 2. The lowest BCUT2D eigenvalue weighted by Crippen LogP contribution is -2.42. The quantitative estimate of drug-likeness (QED) is 0.832. The molecule has 124 valence electrons. The second kappa shape index (κ2) is 6.42. The van der Waals surface area contributed by atoms with Crippen molar-refractivity contribution in [3.05, 3.63) is 23.8 Å². The van der Waals surface area contributed by atoms with Crippen molar-refractivity contribution in [1.82, 2.24) is 4.90 Å². The van der Waals surface area contributed by atoms with E-state index in [1.165, 1.54) is 38.5 Å². The first kappa shape index (κ1) is 14.9. The number of carbonyl (C=O) groups is 1. The summed E-state index contributed by atoms with van der Waals surface area (Å²) in [5, 5.41) is 0. The number of carbonyl (C=O) groups excluding carboxylic acids is 1. The van der Waals surface area contributed by atoms with Crippen LogP contribution in [0.5, 0.6) is 11.5 Å². The maximum absolute atomic E-state index is 12.9. The number of amides is 1. The molecule has 0 N–H and O–H groups in total. The summed E-state index contributed by atoms with van der Waals surface area (Å²) in [6.07, 6.45) is 9.28. The highest BCUT2D eigenvalue weighted by molar-refractivity contribution is 5.95. The molecule has 1 aliphatic carbocycles. The number of ether oxygens (including phenoxy) is 2. The molecule has 0 aromatic heterocycles. The van der Waals surface area contributed by atoms with Crippen LogP contribution in [-0.2, 0) is 0 Å². The van der Waals surface area contributed by atoms with E-state index in [9.17, 15) is 4.79 Å². The van der Waals surface area contributed by atoms with E-state index >= 15 is 0 Å². The van der Waals surface area contributed by atoms with Crippen LogP contribution < -0.4 is 9.47 Å². The van der Waals surface area contributed by atoms with Crippen molar-refractivity contribution in [2.24, 2.45) is 11.8 Å². The minimum atomic E-state index is 0.142. The Morgan fingerprint density at radius 2 is 1.74 bits per heavy atom. The van der Waals surface area contributed by atoms with Gasteiger partial charge in [-0.25, -0.2) is 0 Å². The molecule has 4 nitrogen and oxygen atoms in total. The van der Waals surface area contributed by atoms with E-state index in [0.717, 1.165) is 36.7 Å². The van der Waals surface area contributed by atoms with Gasteiger partial charge in [-0.2, -0.15) is 0 Å². The normalized spacial score (nSPS) is 24.7. The van der Waals surface area contributed by atoms with Gasteiger partial charge in [-0.15, -0.1) is 0 Å². The fourth-order valence-electron chi connectivity index (χ4n) is 4.40. The Morgan fingerprint density at radius 3 is 2.61 bits per heavy atom. The van der Waals surface area contributed by atoms with Crippen LogP contribution >= 0.6 is 0 Å². The molecule has 1 atom stereocenters. The molecule has 1 aromatic carbocycles. The SMILES string of the molecule is O=C(c1ccc2c(c1)OCO2)N1CCCC(C2CCCCC2)C1. The highest BCUT2D eigenvalue weighted by atomic mass is 16.7. The van der Waals surface area contributed by atoms with Crippen molar-refractivity contribution in [2.45, 2.75) is 44.9 Å². The maximum Gasteiger partial charge on any atom is 0.254 e. The summed E-state index contributed by atoms with van der Waals surface area (Å²) in [5.41, 5.74) is 0.721. The second-order valence-electron chi connectivity index (χ2n) is 7.12. The number of fused-ring (bicyclic) bond motifs is 1. The van der Waals surface area contributed by atoms with Crippen molar-refractivity contribution in [2.75, 3.05) is 19.9 Å². The van der Waals surface area contributed by atoms with Crippen LogP contribution in [0.2, 0.25) is 0 Å². The Balaban J connectivity index is 1.45. The average molecular weight is 315 g/mol. The molecule has 0 radical (unpaired) electrons. The highest BCUT2D eigenvalue weighted by Crippen LogP contribution is 2.36. The molecule has 1 amide bonds. The third-order valence-electron chi connectivity index (χ3n) is 5.68. The lowest BCUT2D eigenvalue weighted by atomic mass is 9.76. The molecule has 2 aliphatic heterocycles. The largest absolute Gasteiger partial charge is 0.454 e. The van der Waals surface area contributed by atoms with Gasteiger partial charge in [0, 0.05) is 18.7 Å². The van der Waals surface area contributed by atoms with Gasteiger partial charge in [0.25, 0.3) is 5.91 Å². The first-order valence-corrected chi connectivity index (χ1v) is 9.00. The Bertz CT molecular complexity index is 580. The lowest BCUT2D eigenvalue weighted by Gasteiger charge is -2.38. The number of piperidine rings is 1. The van der Waals surface area contributed by atoms with E-state index in [1.807, 2.05) is 18.2 Å². The maximum atomic E-state index is 12.9. The van der Waals surface area contributed by atoms with Crippen LogP contribution in [0.3, 0.4) is 0 Å². The standard InChI is InChI=1S/C19H25NO3/c21-19(15-8-9-17-18(11-15)23-13-22-17)20-10-4-7-16(12-20)14-5-2-1-3-6-14/h8-9,11,14,16H,1-7,10,12-13H2. The number of benzene rings is 1. The predicted molar refractivity (Wildman–Crippen MR) is 87.8 cm³/mol. The van der Waals surface area contributed by atoms with Gasteiger partial charge in [0.1, 0.15) is 0 Å². The molecule has 1 unspecified atom stereocenters. The molecule has 23 heavy (non-hydrogen) atoms. The van der Waals surface area contributed by atoms with E-state index in [0.29, 0.717) is 11.7 Å². The Labute approximate surface area is 137 Å². The van der Waals surface area contributed by atoms with Crippen LogP contribution in [0.4, 0.5) is 0 Å². The smallest absolute Gasteiger partial charge is 0.254 e. The molecule has 4 heteroatoms. The van der Waals surface area contributed by atoms with Gasteiger partial charge in [-0.3, -0.25) is 4.79 Å². The van der Waals surface area contributed by atoms with Crippen LogP contribution in [-0.4, -0.2) is 30.7 Å². The summed E-state index contributed by atoms with van der Waals surface area (Å²) < 4.78 is 10.7. The molecule has 1 saturated heterocycles. The monoisotopic (exact) mass is 315 g/mol. The van der Waals surface area contributed by atoms with Crippen molar-refractivity contribution in [3.8, 4) is 11.5 Å². The third kappa shape index (κ3) is 3.04. The molecule has 1 aromatic rings. The number of nitrogens with zero attached hydrogens (tertiary/aromatic N) is 1. The molecule has 2 fully saturated rings. The van der Waals surface area contributed by atoms with E-state index in [-0.39, 0.29) is 12.7 Å².